The molecule has 138 valence electrons. The molecule has 4 heterocycles. The van der Waals surface area contributed by atoms with Crippen LogP contribution in [0.4, 0.5) is 0 Å². The van der Waals surface area contributed by atoms with Crippen molar-refractivity contribution in [3.05, 3.63) is 42.5 Å². The third-order valence-electron chi connectivity index (χ3n) is 4.74. The topological polar surface area (TPSA) is 69.5 Å². The van der Waals surface area contributed by atoms with Crippen LogP contribution in [0.25, 0.3) is 0 Å². The van der Waals surface area contributed by atoms with Crippen LogP contribution < -0.4 is 4.74 Å². The van der Waals surface area contributed by atoms with Crippen molar-refractivity contribution in [2.24, 2.45) is 0 Å². The highest BCUT2D eigenvalue weighted by Gasteiger charge is 2.51. The molecule has 0 aromatic carbocycles. The highest BCUT2D eigenvalue weighted by Crippen LogP contribution is 2.46. The molecule has 0 unspecified atom stereocenters. The molecule has 1 atom stereocenters. The second-order valence-electron chi connectivity index (χ2n) is 6.74. The Bertz CT molecular complexity index is 761. The maximum atomic E-state index is 12.6. The Morgan fingerprint density at radius 3 is 3.08 bits per heavy atom. The lowest BCUT2D eigenvalue weighted by Gasteiger charge is -2.47. The third kappa shape index (κ3) is 3.57. The zero-order chi connectivity index (χ0) is 18.0. The summed E-state index contributed by atoms with van der Waals surface area (Å²) in [4.78, 5) is 18.6. The first-order chi connectivity index (χ1) is 12.7. The van der Waals surface area contributed by atoms with Crippen LogP contribution >= 0.6 is 11.8 Å². The predicted octanol–water partition coefficient (Wildman–Crippen LogP) is 1.70. The molecule has 26 heavy (non-hydrogen) atoms. The fourth-order valence-corrected chi connectivity index (χ4v) is 4.97. The standard InChI is InChI=1S/C18H22N4O3S/c1-24-8-7-22-6-4-16(20-22)17(23)21-12-18(13-21)9-15(11-26-18)25-14-3-2-5-19-10-14/h2-6,10,15H,7-9,11-13H2,1H3/t15-/m1/s1. The van der Waals surface area contributed by atoms with Crippen molar-refractivity contribution in [1.29, 1.82) is 0 Å². The van der Waals surface area contributed by atoms with Gasteiger partial charge in [-0.3, -0.25) is 14.5 Å². The van der Waals surface area contributed by atoms with Gasteiger partial charge in [0.1, 0.15) is 17.5 Å². The molecule has 4 rings (SSSR count). The number of hydrogen-bond acceptors (Lipinski definition) is 6. The summed E-state index contributed by atoms with van der Waals surface area (Å²) in [5.74, 6) is 1.76. The van der Waals surface area contributed by atoms with Gasteiger partial charge >= 0.3 is 0 Å². The van der Waals surface area contributed by atoms with E-state index in [0.29, 0.717) is 18.8 Å². The van der Waals surface area contributed by atoms with E-state index >= 15 is 0 Å². The Kier molecular flexibility index (Phi) is 4.86. The maximum absolute atomic E-state index is 12.6. The van der Waals surface area contributed by atoms with Crippen LogP contribution in [0.3, 0.4) is 0 Å². The number of thioether (sulfide) groups is 1. The lowest BCUT2D eigenvalue weighted by atomic mass is 9.92. The Hall–Kier alpha value is -2.06. The minimum Gasteiger partial charge on any atom is -0.488 e. The van der Waals surface area contributed by atoms with Crippen LogP contribution in [0.5, 0.6) is 5.75 Å². The fourth-order valence-electron chi connectivity index (χ4n) is 3.45. The Morgan fingerprint density at radius 1 is 1.42 bits per heavy atom. The van der Waals surface area contributed by atoms with E-state index in [9.17, 15) is 4.79 Å². The van der Waals surface area contributed by atoms with Gasteiger partial charge in [0, 0.05) is 44.8 Å². The second-order valence-corrected chi connectivity index (χ2v) is 8.23. The van der Waals surface area contributed by atoms with Crippen LogP contribution in [-0.4, -0.2) is 69.0 Å². The van der Waals surface area contributed by atoms with Crippen LogP contribution in [0.2, 0.25) is 0 Å². The van der Waals surface area contributed by atoms with E-state index in [1.807, 2.05) is 35.0 Å². The molecule has 2 aliphatic heterocycles. The van der Waals surface area contributed by atoms with Gasteiger partial charge in [0.25, 0.3) is 5.91 Å². The number of hydrogen-bond donors (Lipinski definition) is 0. The summed E-state index contributed by atoms with van der Waals surface area (Å²) in [7, 11) is 1.65. The number of ether oxygens (including phenoxy) is 2. The average molecular weight is 374 g/mol. The first kappa shape index (κ1) is 17.4. The Balaban J connectivity index is 1.29. The van der Waals surface area contributed by atoms with E-state index in [4.69, 9.17) is 9.47 Å². The van der Waals surface area contributed by atoms with Crippen molar-refractivity contribution >= 4 is 17.7 Å². The number of aromatic nitrogens is 3. The molecule has 0 aliphatic carbocycles. The summed E-state index contributed by atoms with van der Waals surface area (Å²) in [6.07, 6.45) is 6.44. The fraction of sp³-hybridized carbons (Fsp3) is 0.500. The van der Waals surface area contributed by atoms with Gasteiger partial charge in [-0.25, -0.2) is 0 Å². The first-order valence-corrected chi connectivity index (χ1v) is 9.68. The van der Waals surface area contributed by atoms with E-state index < -0.39 is 0 Å². The summed E-state index contributed by atoms with van der Waals surface area (Å²) in [6.45, 7) is 2.75. The molecule has 2 aromatic rings. The van der Waals surface area contributed by atoms with Gasteiger partial charge < -0.3 is 14.4 Å². The van der Waals surface area contributed by atoms with E-state index in [1.165, 1.54) is 0 Å². The average Bonchev–Trinajstić information content (AvgIpc) is 3.26. The van der Waals surface area contributed by atoms with Gasteiger partial charge in [0.05, 0.1) is 24.1 Å². The monoisotopic (exact) mass is 374 g/mol. The minimum absolute atomic E-state index is 0.00372. The molecule has 2 saturated heterocycles. The molecule has 0 bridgehead atoms. The summed E-state index contributed by atoms with van der Waals surface area (Å²) in [5.41, 5.74) is 0.502. The van der Waals surface area contributed by atoms with Crippen LogP contribution in [-0.2, 0) is 11.3 Å². The molecule has 2 aromatic heterocycles. The van der Waals surface area contributed by atoms with Gasteiger partial charge in [0.15, 0.2) is 0 Å². The summed E-state index contributed by atoms with van der Waals surface area (Å²) in [5, 5.41) is 4.34. The molecule has 1 spiro atoms. The molecular weight excluding hydrogens is 352 g/mol. The van der Waals surface area contributed by atoms with Crippen molar-refractivity contribution in [2.45, 2.75) is 23.8 Å². The number of carbonyl (C=O) groups is 1. The normalized spacial score (nSPS) is 21.0. The Labute approximate surface area is 156 Å². The van der Waals surface area contributed by atoms with Gasteiger partial charge in [0.2, 0.25) is 0 Å². The molecule has 7 nitrogen and oxygen atoms in total. The minimum atomic E-state index is 0.00372. The van der Waals surface area contributed by atoms with Crippen LogP contribution in [0.15, 0.2) is 36.8 Å². The molecule has 0 saturated carbocycles. The maximum Gasteiger partial charge on any atom is 0.274 e. The van der Waals surface area contributed by atoms with Crippen molar-refractivity contribution in [2.75, 3.05) is 32.6 Å². The highest BCUT2D eigenvalue weighted by atomic mass is 32.2. The molecule has 2 aliphatic rings. The number of nitrogens with zero attached hydrogens (tertiary/aromatic N) is 4. The van der Waals surface area contributed by atoms with Crippen LogP contribution in [0.1, 0.15) is 16.9 Å². The molecule has 1 amide bonds. The van der Waals surface area contributed by atoms with Gasteiger partial charge in [-0.2, -0.15) is 5.10 Å². The molecular formula is C18H22N4O3S. The largest absolute Gasteiger partial charge is 0.488 e. The van der Waals surface area contributed by atoms with Crippen molar-refractivity contribution in [1.82, 2.24) is 19.7 Å². The van der Waals surface area contributed by atoms with Crippen molar-refractivity contribution < 1.29 is 14.3 Å². The number of amides is 1. The van der Waals surface area contributed by atoms with Gasteiger partial charge in [-0.1, -0.05) is 0 Å². The number of methoxy groups -OCH3 is 1. The van der Waals surface area contributed by atoms with Crippen molar-refractivity contribution in [3.63, 3.8) is 0 Å². The number of pyridine rings is 1. The summed E-state index contributed by atoms with van der Waals surface area (Å²) in [6, 6.07) is 5.58. The quantitative estimate of drug-likeness (QED) is 0.767. The van der Waals surface area contributed by atoms with E-state index in [-0.39, 0.29) is 16.8 Å². The van der Waals surface area contributed by atoms with Crippen molar-refractivity contribution in [3.8, 4) is 5.75 Å². The Morgan fingerprint density at radius 2 is 2.31 bits per heavy atom. The van der Waals surface area contributed by atoms with Gasteiger partial charge in [-0.15, -0.1) is 11.8 Å². The van der Waals surface area contributed by atoms with E-state index in [2.05, 4.69) is 10.1 Å². The zero-order valence-corrected chi connectivity index (χ0v) is 15.5. The molecule has 0 N–H and O–H groups in total. The predicted molar refractivity (Wildman–Crippen MR) is 98.5 cm³/mol. The van der Waals surface area contributed by atoms with Gasteiger partial charge in [-0.05, 0) is 18.2 Å². The summed E-state index contributed by atoms with van der Waals surface area (Å²) < 4.78 is 12.9. The molecule has 2 fully saturated rings. The van der Waals surface area contributed by atoms with Crippen LogP contribution in [0, 0.1) is 0 Å². The SMILES string of the molecule is COCCn1ccc(C(=O)N2CC3(C[C@@H](Oc4cccnc4)CS3)C2)n1. The summed E-state index contributed by atoms with van der Waals surface area (Å²) >= 11 is 1.91. The smallest absolute Gasteiger partial charge is 0.274 e. The lowest BCUT2D eigenvalue weighted by Crippen LogP contribution is -2.60. The molecule has 0 radical (unpaired) electrons. The number of likely N-dealkylation sites (tertiary alicyclic amines) is 1. The highest BCUT2D eigenvalue weighted by molar-refractivity contribution is 8.01. The first-order valence-electron chi connectivity index (χ1n) is 8.70. The number of rotatable bonds is 6. The van der Waals surface area contributed by atoms with E-state index in [0.717, 1.165) is 31.0 Å². The lowest BCUT2D eigenvalue weighted by molar-refractivity contribution is 0.0510. The van der Waals surface area contributed by atoms with E-state index in [1.54, 1.807) is 30.3 Å². The molecule has 8 heteroatoms. The number of carbonyl (C=O) groups excluding carboxylic acids is 1. The second kappa shape index (κ2) is 7.28. The zero-order valence-electron chi connectivity index (χ0n) is 14.7. The third-order valence-corrected chi connectivity index (χ3v) is 6.32.